The van der Waals surface area contributed by atoms with Crippen LogP contribution >= 0.6 is 0 Å². The van der Waals surface area contributed by atoms with Crippen LogP contribution in [0.4, 0.5) is 0 Å². The van der Waals surface area contributed by atoms with Gasteiger partial charge in [0.25, 0.3) is 0 Å². The lowest BCUT2D eigenvalue weighted by Crippen LogP contribution is -2.09. The molecule has 0 bridgehead atoms. The zero-order chi connectivity index (χ0) is 14.2. The minimum Gasteiger partial charge on any atom is -0.478 e. The Labute approximate surface area is 112 Å². The maximum Gasteiger partial charge on any atom is 0.339 e. The largest absolute Gasteiger partial charge is 0.478 e. The molecule has 0 radical (unpaired) electrons. The van der Waals surface area contributed by atoms with Gasteiger partial charge < -0.3 is 5.11 Å². The van der Waals surface area contributed by atoms with Crippen molar-refractivity contribution in [1.82, 2.24) is 9.78 Å². The highest BCUT2D eigenvalue weighted by molar-refractivity contribution is 5.89. The van der Waals surface area contributed by atoms with Gasteiger partial charge in [0.1, 0.15) is 5.56 Å². The predicted octanol–water partition coefficient (Wildman–Crippen LogP) is 3.31. The van der Waals surface area contributed by atoms with Gasteiger partial charge in [-0.1, -0.05) is 26.0 Å². The van der Waals surface area contributed by atoms with E-state index in [-0.39, 0.29) is 11.5 Å². The molecule has 0 aliphatic rings. The summed E-state index contributed by atoms with van der Waals surface area (Å²) in [5, 5.41) is 13.5. The van der Waals surface area contributed by atoms with Crippen LogP contribution in [0.3, 0.4) is 0 Å². The molecule has 0 spiro atoms. The molecular formula is C15H18N2O2. The Morgan fingerprint density at radius 2 is 2.00 bits per heavy atom. The fraction of sp³-hybridized carbons (Fsp3) is 0.333. The van der Waals surface area contributed by atoms with Gasteiger partial charge in [-0.05, 0) is 37.0 Å². The van der Waals surface area contributed by atoms with Gasteiger partial charge in [-0.2, -0.15) is 5.10 Å². The van der Waals surface area contributed by atoms with E-state index in [1.165, 1.54) is 6.20 Å². The highest BCUT2D eigenvalue weighted by atomic mass is 16.4. The summed E-state index contributed by atoms with van der Waals surface area (Å²) >= 11 is 0. The van der Waals surface area contributed by atoms with Crippen LogP contribution in [0, 0.1) is 13.8 Å². The number of nitrogens with zero attached hydrogens (tertiary/aromatic N) is 2. The van der Waals surface area contributed by atoms with Gasteiger partial charge in [0, 0.05) is 0 Å². The summed E-state index contributed by atoms with van der Waals surface area (Å²) in [5.74, 6) is -0.839. The number of carbonyl (C=O) groups is 1. The van der Waals surface area contributed by atoms with Gasteiger partial charge in [-0.15, -0.1) is 0 Å². The molecule has 0 aliphatic heterocycles. The van der Waals surface area contributed by atoms with Gasteiger partial charge in [0.15, 0.2) is 0 Å². The van der Waals surface area contributed by atoms with Crippen molar-refractivity contribution in [2.24, 2.45) is 0 Å². The fourth-order valence-electron chi connectivity index (χ4n) is 2.22. The number of carboxylic acids is 1. The highest BCUT2D eigenvalue weighted by Crippen LogP contribution is 2.25. The first-order chi connectivity index (χ1) is 8.91. The molecule has 0 fully saturated rings. The number of aromatic carboxylic acids is 1. The third-order valence-electron chi connectivity index (χ3n) is 3.18. The van der Waals surface area contributed by atoms with Crippen molar-refractivity contribution in [3.63, 3.8) is 0 Å². The van der Waals surface area contributed by atoms with Crippen LogP contribution in [-0.2, 0) is 0 Å². The Kier molecular flexibility index (Phi) is 3.42. The van der Waals surface area contributed by atoms with Crippen molar-refractivity contribution in [3.8, 4) is 5.69 Å². The molecule has 0 atom stereocenters. The summed E-state index contributed by atoms with van der Waals surface area (Å²) in [4.78, 5) is 11.3. The third kappa shape index (κ3) is 2.38. The molecule has 0 aliphatic carbocycles. The summed E-state index contributed by atoms with van der Waals surface area (Å²) in [6.45, 7) is 7.97. The fourth-order valence-corrected chi connectivity index (χ4v) is 2.22. The SMILES string of the molecule is Cc1ccc(C)c(-n2ncc(C(=O)O)c2C(C)C)c1. The lowest BCUT2D eigenvalue weighted by atomic mass is 10.0. The van der Waals surface area contributed by atoms with Crippen LogP contribution in [0.5, 0.6) is 0 Å². The summed E-state index contributed by atoms with van der Waals surface area (Å²) in [5.41, 5.74) is 4.16. The first kappa shape index (κ1) is 13.3. The number of hydrogen-bond acceptors (Lipinski definition) is 2. The van der Waals surface area contributed by atoms with Gasteiger partial charge in [0.05, 0.1) is 17.6 Å². The number of rotatable bonds is 3. The van der Waals surface area contributed by atoms with Gasteiger partial charge in [-0.3, -0.25) is 0 Å². The van der Waals surface area contributed by atoms with Crippen molar-refractivity contribution in [2.45, 2.75) is 33.6 Å². The molecule has 2 aromatic rings. The van der Waals surface area contributed by atoms with Crippen molar-refractivity contribution >= 4 is 5.97 Å². The average Bonchev–Trinajstić information content (AvgIpc) is 2.76. The molecule has 4 nitrogen and oxygen atoms in total. The van der Waals surface area contributed by atoms with Crippen LogP contribution in [0.15, 0.2) is 24.4 Å². The molecule has 0 saturated heterocycles. The Hall–Kier alpha value is -2.10. The molecular weight excluding hydrogens is 240 g/mol. The van der Waals surface area contributed by atoms with Gasteiger partial charge >= 0.3 is 5.97 Å². The maximum absolute atomic E-state index is 11.3. The molecule has 0 amide bonds. The van der Waals surface area contributed by atoms with E-state index in [0.717, 1.165) is 22.5 Å². The van der Waals surface area contributed by atoms with E-state index >= 15 is 0 Å². The normalized spacial score (nSPS) is 11.0. The molecule has 19 heavy (non-hydrogen) atoms. The second-order valence-corrected chi connectivity index (χ2v) is 5.11. The number of aryl methyl sites for hydroxylation is 2. The van der Waals surface area contributed by atoms with Crippen LogP contribution in [0.2, 0.25) is 0 Å². The molecule has 1 aromatic carbocycles. The van der Waals surface area contributed by atoms with Crippen molar-refractivity contribution in [3.05, 3.63) is 46.8 Å². The monoisotopic (exact) mass is 258 g/mol. The van der Waals surface area contributed by atoms with Crippen molar-refractivity contribution in [2.75, 3.05) is 0 Å². The summed E-state index contributed by atoms with van der Waals surface area (Å²) in [6.07, 6.45) is 1.43. The molecule has 2 rings (SSSR count). The number of benzene rings is 1. The van der Waals surface area contributed by atoms with Gasteiger partial charge in [0.2, 0.25) is 0 Å². The first-order valence-electron chi connectivity index (χ1n) is 6.30. The standard InChI is InChI=1S/C15H18N2O2/c1-9(2)14-12(15(18)19)8-16-17(14)13-7-10(3)5-6-11(13)4/h5-9H,1-4H3,(H,18,19). The molecule has 100 valence electrons. The molecule has 1 aromatic heterocycles. The van der Waals surface area contributed by atoms with E-state index in [1.807, 2.05) is 45.9 Å². The molecule has 1 heterocycles. The smallest absolute Gasteiger partial charge is 0.339 e. The Bertz CT molecular complexity index is 627. The molecule has 0 saturated carbocycles. The minimum absolute atomic E-state index is 0.0912. The van der Waals surface area contributed by atoms with Crippen LogP contribution in [0.1, 0.15) is 46.9 Å². The molecule has 0 unspecified atom stereocenters. The Morgan fingerprint density at radius 1 is 1.32 bits per heavy atom. The second-order valence-electron chi connectivity index (χ2n) is 5.11. The zero-order valence-electron chi connectivity index (χ0n) is 11.6. The lowest BCUT2D eigenvalue weighted by molar-refractivity contribution is 0.0695. The minimum atomic E-state index is -0.930. The van der Waals surface area contributed by atoms with E-state index in [9.17, 15) is 9.90 Å². The van der Waals surface area contributed by atoms with E-state index in [1.54, 1.807) is 4.68 Å². The number of hydrogen-bond donors (Lipinski definition) is 1. The molecule has 4 heteroatoms. The second kappa shape index (κ2) is 4.88. The summed E-state index contributed by atoms with van der Waals surface area (Å²) in [7, 11) is 0. The zero-order valence-corrected chi connectivity index (χ0v) is 11.6. The van der Waals surface area contributed by atoms with Gasteiger partial charge in [-0.25, -0.2) is 9.48 Å². The Morgan fingerprint density at radius 3 is 2.58 bits per heavy atom. The number of carboxylic acid groups (broad SMARTS) is 1. The van der Waals surface area contributed by atoms with E-state index in [2.05, 4.69) is 5.10 Å². The van der Waals surface area contributed by atoms with Crippen LogP contribution < -0.4 is 0 Å². The molecule has 1 N–H and O–H groups in total. The van der Waals surface area contributed by atoms with Crippen LogP contribution in [0.25, 0.3) is 5.69 Å². The van der Waals surface area contributed by atoms with Crippen LogP contribution in [-0.4, -0.2) is 20.9 Å². The number of aromatic nitrogens is 2. The third-order valence-corrected chi connectivity index (χ3v) is 3.18. The average molecular weight is 258 g/mol. The first-order valence-corrected chi connectivity index (χ1v) is 6.30. The van der Waals surface area contributed by atoms with E-state index in [0.29, 0.717) is 0 Å². The Balaban J connectivity index is 2.69. The predicted molar refractivity (Wildman–Crippen MR) is 74.1 cm³/mol. The summed E-state index contributed by atoms with van der Waals surface area (Å²) < 4.78 is 1.75. The summed E-state index contributed by atoms with van der Waals surface area (Å²) in [6, 6.07) is 6.09. The topological polar surface area (TPSA) is 55.1 Å². The van der Waals surface area contributed by atoms with Crippen molar-refractivity contribution < 1.29 is 9.90 Å². The van der Waals surface area contributed by atoms with E-state index in [4.69, 9.17) is 0 Å². The quantitative estimate of drug-likeness (QED) is 0.918. The van der Waals surface area contributed by atoms with E-state index < -0.39 is 5.97 Å². The van der Waals surface area contributed by atoms with Crippen molar-refractivity contribution in [1.29, 1.82) is 0 Å². The highest BCUT2D eigenvalue weighted by Gasteiger charge is 2.20. The maximum atomic E-state index is 11.3. The lowest BCUT2D eigenvalue weighted by Gasteiger charge is -2.14.